The van der Waals surface area contributed by atoms with Gasteiger partial charge in [0.15, 0.2) is 0 Å². The lowest BCUT2D eigenvalue weighted by atomic mass is 10.1. The van der Waals surface area contributed by atoms with Gasteiger partial charge < -0.3 is 4.90 Å². The van der Waals surface area contributed by atoms with Crippen LogP contribution in [-0.4, -0.2) is 12.0 Å². The molecule has 0 heterocycles. The third kappa shape index (κ3) is 2.72. The van der Waals surface area contributed by atoms with Gasteiger partial charge in [-0.1, -0.05) is 12.1 Å². The van der Waals surface area contributed by atoms with E-state index >= 15 is 0 Å². The van der Waals surface area contributed by atoms with E-state index in [1.165, 1.54) is 6.07 Å². The average molecular weight is 379 g/mol. The van der Waals surface area contributed by atoms with Crippen molar-refractivity contribution in [1.82, 2.24) is 0 Å². The zero-order valence-corrected chi connectivity index (χ0v) is 12.7. The van der Waals surface area contributed by atoms with E-state index in [1.54, 1.807) is 48.3 Å². The van der Waals surface area contributed by atoms with Crippen LogP contribution >= 0.6 is 22.6 Å². The number of rotatable bonds is 3. The number of hydrogen-bond donors (Lipinski definition) is 0. The van der Waals surface area contributed by atoms with Gasteiger partial charge in [0.05, 0.1) is 16.2 Å². The molecule has 0 unspecified atom stereocenters. The molecule has 0 saturated heterocycles. The normalized spacial score (nSPS) is 9.85. The Labute approximate surface area is 129 Å². The van der Waals surface area contributed by atoms with Crippen molar-refractivity contribution in [2.24, 2.45) is 0 Å². The van der Waals surface area contributed by atoms with E-state index < -0.39 is 4.92 Å². The molecule has 0 saturated carbocycles. The summed E-state index contributed by atoms with van der Waals surface area (Å²) in [6.07, 6.45) is 0. The summed E-state index contributed by atoms with van der Waals surface area (Å²) in [6.45, 7) is 0. The van der Waals surface area contributed by atoms with Crippen molar-refractivity contribution in [2.75, 3.05) is 11.9 Å². The third-order valence-electron chi connectivity index (χ3n) is 2.88. The van der Waals surface area contributed by atoms with Crippen molar-refractivity contribution in [3.8, 4) is 6.07 Å². The van der Waals surface area contributed by atoms with E-state index in [9.17, 15) is 10.1 Å². The SMILES string of the molecule is CN(c1ccccc1C#N)c1ccc(I)cc1[N+](=O)[O-]. The van der Waals surface area contributed by atoms with Crippen molar-refractivity contribution in [3.05, 3.63) is 61.7 Å². The van der Waals surface area contributed by atoms with E-state index in [4.69, 9.17) is 5.26 Å². The summed E-state index contributed by atoms with van der Waals surface area (Å²) in [7, 11) is 1.71. The zero-order valence-electron chi connectivity index (χ0n) is 10.6. The van der Waals surface area contributed by atoms with Gasteiger partial charge >= 0.3 is 0 Å². The van der Waals surface area contributed by atoms with Gasteiger partial charge in [-0.15, -0.1) is 0 Å². The van der Waals surface area contributed by atoms with Crippen LogP contribution in [0, 0.1) is 25.0 Å². The molecule has 2 rings (SSSR count). The van der Waals surface area contributed by atoms with Gasteiger partial charge in [0.2, 0.25) is 0 Å². The Bertz CT molecular complexity index is 710. The molecule has 6 heteroatoms. The minimum atomic E-state index is -0.414. The molecule has 2 aromatic rings. The molecule has 0 spiro atoms. The summed E-state index contributed by atoms with van der Waals surface area (Å²) in [4.78, 5) is 12.4. The fourth-order valence-electron chi connectivity index (χ4n) is 1.92. The minimum absolute atomic E-state index is 0.0205. The molecule has 20 heavy (non-hydrogen) atoms. The first-order chi connectivity index (χ1) is 9.54. The number of hydrogen-bond acceptors (Lipinski definition) is 4. The van der Waals surface area contributed by atoms with Crippen molar-refractivity contribution in [2.45, 2.75) is 0 Å². The topological polar surface area (TPSA) is 70.2 Å². The van der Waals surface area contributed by atoms with Crippen LogP contribution in [0.3, 0.4) is 0 Å². The number of para-hydroxylation sites is 1. The first-order valence-electron chi connectivity index (χ1n) is 5.71. The lowest BCUT2D eigenvalue weighted by Gasteiger charge is -2.20. The van der Waals surface area contributed by atoms with Crippen LogP contribution in [0.15, 0.2) is 42.5 Å². The van der Waals surface area contributed by atoms with E-state index in [-0.39, 0.29) is 5.69 Å². The predicted molar refractivity (Wildman–Crippen MR) is 85.0 cm³/mol. The van der Waals surface area contributed by atoms with Gasteiger partial charge in [0, 0.05) is 16.7 Å². The third-order valence-corrected chi connectivity index (χ3v) is 3.55. The Balaban J connectivity index is 2.57. The Hall–Kier alpha value is -2.14. The highest BCUT2D eigenvalue weighted by Crippen LogP contribution is 2.34. The molecule has 0 aromatic heterocycles. The van der Waals surface area contributed by atoms with Gasteiger partial charge in [-0.2, -0.15) is 5.26 Å². The highest BCUT2D eigenvalue weighted by molar-refractivity contribution is 14.1. The molecule has 0 radical (unpaired) electrons. The van der Waals surface area contributed by atoms with Crippen LogP contribution in [0.2, 0.25) is 0 Å². The summed E-state index contributed by atoms with van der Waals surface area (Å²) in [5.74, 6) is 0. The second kappa shape index (κ2) is 5.88. The molecule has 0 amide bonds. The number of nitriles is 1. The lowest BCUT2D eigenvalue weighted by molar-refractivity contribution is -0.384. The summed E-state index contributed by atoms with van der Waals surface area (Å²) in [5, 5.41) is 20.3. The molecule has 100 valence electrons. The quantitative estimate of drug-likeness (QED) is 0.462. The fourth-order valence-corrected chi connectivity index (χ4v) is 2.39. The zero-order chi connectivity index (χ0) is 14.7. The Morgan fingerprint density at radius 1 is 1.25 bits per heavy atom. The second-order valence-corrected chi connectivity index (χ2v) is 5.32. The summed E-state index contributed by atoms with van der Waals surface area (Å²) < 4.78 is 0.792. The lowest BCUT2D eigenvalue weighted by Crippen LogP contribution is -2.13. The maximum atomic E-state index is 11.2. The van der Waals surface area contributed by atoms with Crippen molar-refractivity contribution >= 4 is 39.7 Å². The van der Waals surface area contributed by atoms with E-state index in [1.807, 2.05) is 22.6 Å². The first-order valence-corrected chi connectivity index (χ1v) is 6.79. The molecular formula is C14H10IN3O2. The molecule has 0 aliphatic carbocycles. The minimum Gasteiger partial charge on any atom is -0.338 e. The maximum absolute atomic E-state index is 11.2. The fraction of sp³-hybridized carbons (Fsp3) is 0.0714. The molecular weight excluding hydrogens is 369 g/mol. The highest BCUT2D eigenvalue weighted by atomic mass is 127. The smallest absolute Gasteiger partial charge is 0.293 e. The van der Waals surface area contributed by atoms with Crippen LogP contribution in [0.25, 0.3) is 0 Å². The number of nitro groups is 1. The maximum Gasteiger partial charge on any atom is 0.293 e. The molecule has 5 nitrogen and oxygen atoms in total. The highest BCUT2D eigenvalue weighted by Gasteiger charge is 2.19. The van der Waals surface area contributed by atoms with Gasteiger partial charge in [0.1, 0.15) is 11.8 Å². The molecule has 0 aliphatic rings. The number of benzene rings is 2. The van der Waals surface area contributed by atoms with Crippen molar-refractivity contribution in [1.29, 1.82) is 5.26 Å². The monoisotopic (exact) mass is 379 g/mol. The summed E-state index contributed by atoms with van der Waals surface area (Å²) in [6, 6.07) is 14.1. The number of halogens is 1. The van der Waals surface area contributed by atoms with Gasteiger partial charge in [-0.3, -0.25) is 10.1 Å². The molecule has 0 fully saturated rings. The Morgan fingerprint density at radius 2 is 1.95 bits per heavy atom. The van der Waals surface area contributed by atoms with Gasteiger partial charge in [-0.05, 0) is 46.9 Å². The van der Waals surface area contributed by atoms with Crippen LogP contribution < -0.4 is 4.90 Å². The summed E-state index contributed by atoms with van der Waals surface area (Å²) in [5.41, 5.74) is 1.59. The Morgan fingerprint density at radius 3 is 2.60 bits per heavy atom. The van der Waals surface area contributed by atoms with Crippen LogP contribution in [0.5, 0.6) is 0 Å². The van der Waals surface area contributed by atoms with Crippen LogP contribution in [-0.2, 0) is 0 Å². The summed E-state index contributed by atoms with van der Waals surface area (Å²) >= 11 is 2.03. The van der Waals surface area contributed by atoms with E-state index in [0.29, 0.717) is 16.9 Å². The van der Waals surface area contributed by atoms with Gasteiger partial charge in [-0.25, -0.2) is 0 Å². The van der Waals surface area contributed by atoms with E-state index in [0.717, 1.165) is 3.57 Å². The van der Waals surface area contributed by atoms with Gasteiger partial charge in [0.25, 0.3) is 5.69 Å². The van der Waals surface area contributed by atoms with Crippen LogP contribution in [0.1, 0.15) is 5.56 Å². The Kier molecular flexibility index (Phi) is 4.20. The number of nitro benzene ring substituents is 1. The van der Waals surface area contributed by atoms with Crippen molar-refractivity contribution in [3.63, 3.8) is 0 Å². The molecule has 0 atom stereocenters. The standard InChI is InChI=1S/C14H10IN3O2/c1-17(12-5-3-2-4-10(12)9-16)13-7-6-11(15)8-14(13)18(19)20/h2-8H,1H3. The predicted octanol–water partition coefficient (Wildman–Crippen LogP) is 3.84. The largest absolute Gasteiger partial charge is 0.338 e. The molecule has 0 bridgehead atoms. The second-order valence-electron chi connectivity index (χ2n) is 4.08. The molecule has 2 aromatic carbocycles. The van der Waals surface area contributed by atoms with E-state index in [2.05, 4.69) is 6.07 Å². The molecule has 0 N–H and O–H groups in total. The first kappa shape index (κ1) is 14.3. The molecule has 0 aliphatic heterocycles. The average Bonchev–Trinajstić information content (AvgIpc) is 2.46. The number of nitrogens with zero attached hydrogens (tertiary/aromatic N) is 3. The van der Waals surface area contributed by atoms with Crippen LogP contribution in [0.4, 0.5) is 17.1 Å². The number of anilines is 2. The van der Waals surface area contributed by atoms with Crippen molar-refractivity contribution < 1.29 is 4.92 Å².